The smallest absolute Gasteiger partial charge is 0.384 e. The topological polar surface area (TPSA) is 112 Å². The summed E-state index contributed by atoms with van der Waals surface area (Å²) in [7, 11) is 3.69. The molecule has 9 nitrogen and oxygen atoms in total. The first-order chi connectivity index (χ1) is 17.7. The van der Waals surface area contributed by atoms with Crippen LogP contribution in [0.4, 0.5) is 23.7 Å². The van der Waals surface area contributed by atoms with Crippen LogP contribution in [0, 0.1) is 5.92 Å². The number of rotatable bonds is 10. The van der Waals surface area contributed by atoms with E-state index in [1.54, 1.807) is 21.0 Å². The van der Waals surface area contributed by atoms with E-state index in [1.807, 2.05) is 0 Å². The Hall–Kier alpha value is -2.86. The van der Waals surface area contributed by atoms with Gasteiger partial charge in [-0.15, -0.1) is 0 Å². The van der Waals surface area contributed by atoms with Gasteiger partial charge in [-0.1, -0.05) is 0 Å². The van der Waals surface area contributed by atoms with Gasteiger partial charge in [0, 0.05) is 37.2 Å². The lowest BCUT2D eigenvalue weighted by molar-refractivity contribution is -0.137. The van der Waals surface area contributed by atoms with E-state index in [0.29, 0.717) is 24.8 Å². The van der Waals surface area contributed by atoms with Crippen LogP contribution in [0.2, 0.25) is 0 Å². The largest absolute Gasteiger partial charge is 0.416 e. The molecule has 0 aliphatic heterocycles. The summed E-state index contributed by atoms with van der Waals surface area (Å²) in [6.07, 6.45) is -2.21. The van der Waals surface area contributed by atoms with Crippen molar-refractivity contribution in [3.8, 4) is 0 Å². The standard InChI is InChI=1S/C26H40F3N5O4/c1-15(2)31-25(37)33-22-9-7-18(26(27,28)29)12-20(22)24(36)30-13-23(35)32-21-10-8-19(34(5)16(3)4)11-17(21)14-38-6/h7,9,12,15-17,19,21H,8,10-11,13-14H2,1-6H3,(H,30,36)(H,32,35)(H2,31,33,37)/t17-,19+,21-/m0/s1. The number of alkyl halides is 3. The second kappa shape index (κ2) is 13.8. The molecule has 0 heterocycles. The maximum atomic E-state index is 13.3. The second-order valence-electron chi connectivity index (χ2n) is 10.3. The number of hydrogen-bond donors (Lipinski definition) is 4. The first kappa shape index (κ1) is 31.4. The minimum absolute atomic E-state index is 0.0818. The van der Waals surface area contributed by atoms with E-state index >= 15 is 0 Å². The molecule has 12 heteroatoms. The average Bonchev–Trinajstić information content (AvgIpc) is 2.82. The van der Waals surface area contributed by atoms with Crippen molar-refractivity contribution >= 4 is 23.5 Å². The Labute approximate surface area is 222 Å². The maximum Gasteiger partial charge on any atom is 0.416 e. The third kappa shape index (κ3) is 9.16. The van der Waals surface area contributed by atoms with Crippen molar-refractivity contribution in [2.45, 2.75) is 77.3 Å². The van der Waals surface area contributed by atoms with Crippen LogP contribution >= 0.6 is 0 Å². The van der Waals surface area contributed by atoms with Gasteiger partial charge in [0.1, 0.15) is 0 Å². The number of ether oxygens (including phenoxy) is 1. The fraction of sp³-hybridized carbons (Fsp3) is 0.654. The summed E-state index contributed by atoms with van der Waals surface area (Å²) in [6.45, 7) is 7.72. The Morgan fingerprint density at radius 1 is 1.13 bits per heavy atom. The van der Waals surface area contributed by atoms with Crippen molar-refractivity contribution in [1.29, 1.82) is 0 Å². The van der Waals surface area contributed by atoms with Crippen molar-refractivity contribution in [3.63, 3.8) is 0 Å². The highest BCUT2D eigenvalue weighted by molar-refractivity contribution is 6.04. The van der Waals surface area contributed by atoms with Crippen molar-refractivity contribution in [3.05, 3.63) is 29.3 Å². The summed E-state index contributed by atoms with van der Waals surface area (Å²) in [4.78, 5) is 39.9. The van der Waals surface area contributed by atoms with Gasteiger partial charge < -0.3 is 30.9 Å². The fourth-order valence-corrected chi connectivity index (χ4v) is 4.57. The minimum Gasteiger partial charge on any atom is -0.384 e. The lowest BCUT2D eigenvalue weighted by Gasteiger charge is -2.41. The van der Waals surface area contributed by atoms with Gasteiger partial charge in [-0.25, -0.2) is 4.79 Å². The third-order valence-corrected chi connectivity index (χ3v) is 6.74. The Morgan fingerprint density at radius 2 is 1.82 bits per heavy atom. The molecule has 0 radical (unpaired) electrons. The molecule has 4 N–H and O–H groups in total. The molecule has 4 amide bonds. The number of urea groups is 1. The zero-order valence-electron chi connectivity index (χ0n) is 22.9. The number of benzene rings is 1. The Kier molecular flexibility index (Phi) is 11.4. The van der Waals surface area contributed by atoms with Gasteiger partial charge >= 0.3 is 12.2 Å². The number of methoxy groups -OCH3 is 1. The molecular weight excluding hydrogens is 503 g/mol. The third-order valence-electron chi connectivity index (χ3n) is 6.74. The molecule has 1 saturated carbocycles. The highest BCUT2D eigenvalue weighted by Crippen LogP contribution is 2.32. The monoisotopic (exact) mass is 543 g/mol. The maximum absolute atomic E-state index is 13.3. The SMILES string of the molecule is COC[C@@H]1C[C@H](N(C)C(C)C)CC[C@@H]1NC(=O)CNC(=O)c1cc(C(F)(F)F)ccc1NC(=O)NC(C)C. The molecular formula is C26H40F3N5O4. The quantitative estimate of drug-likeness (QED) is 0.360. The summed E-state index contributed by atoms with van der Waals surface area (Å²) >= 11 is 0. The average molecular weight is 544 g/mol. The van der Waals surface area contributed by atoms with Gasteiger partial charge in [0.05, 0.1) is 30.0 Å². The molecule has 0 unspecified atom stereocenters. The normalized spacial score (nSPS) is 19.9. The summed E-state index contributed by atoms with van der Waals surface area (Å²) in [5.74, 6) is -1.29. The molecule has 1 aliphatic rings. The Balaban J connectivity index is 2.08. The number of nitrogens with one attached hydrogen (secondary N) is 4. The van der Waals surface area contributed by atoms with Gasteiger partial charge in [0.15, 0.2) is 0 Å². The van der Waals surface area contributed by atoms with Crippen molar-refractivity contribution in [1.82, 2.24) is 20.9 Å². The number of amides is 4. The number of carbonyl (C=O) groups excluding carboxylic acids is 3. The number of halogens is 3. The van der Waals surface area contributed by atoms with Crippen LogP contribution in [0.3, 0.4) is 0 Å². The lowest BCUT2D eigenvalue weighted by Crippen LogP contribution is -2.52. The number of hydrogen-bond acceptors (Lipinski definition) is 5. The predicted octanol–water partition coefficient (Wildman–Crippen LogP) is 3.61. The first-order valence-corrected chi connectivity index (χ1v) is 12.8. The summed E-state index contributed by atoms with van der Waals surface area (Å²) < 4.78 is 45.2. The van der Waals surface area contributed by atoms with Crippen LogP contribution in [0.1, 0.15) is 62.9 Å². The molecule has 38 heavy (non-hydrogen) atoms. The molecule has 1 aromatic carbocycles. The number of anilines is 1. The number of carbonyl (C=O) groups is 3. The lowest BCUT2D eigenvalue weighted by atomic mass is 9.81. The molecule has 0 aromatic heterocycles. The zero-order chi connectivity index (χ0) is 28.6. The van der Waals surface area contributed by atoms with E-state index in [0.717, 1.165) is 31.4 Å². The molecule has 1 aromatic rings. The molecule has 0 spiro atoms. The van der Waals surface area contributed by atoms with Crippen molar-refractivity contribution in [2.75, 3.05) is 32.6 Å². The second-order valence-corrected chi connectivity index (χ2v) is 10.3. The number of nitrogens with zero attached hydrogens (tertiary/aromatic N) is 1. The van der Waals surface area contributed by atoms with E-state index < -0.39 is 41.7 Å². The van der Waals surface area contributed by atoms with E-state index in [-0.39, 0.29) is 23.7 Å². The van der Waals surface area contributed by atoms with Crippen LogP contribution in [-0.4, -0.2) is 74.2 Å². The van der Waals surface area contributed by atoms with Gasteiger partial charge in [-0.3, -0.25) is 9.59 Å². The van der Waals surface area contributed by atoms with Crippen LogP contribution in [0.5, 0.6) is 0 Å². The van der Waals surface area contributed by atoms with Crippen molar-refractivity contribution in [2.24, 2.45) is 5.92 Å². The minimum atomic E-state index is -4.69. The van der Waals surface area contributed by atoms with Crippen LogP contribution in [0.15, 0.2) is 18.2 Å². The summed E-state index contributed by atoms with van der Waals surface area (Å²) in [5.41, 5.74) is -1.56. The highest BCUT2D eigenvalue weighted by Gasteiger charge is 2.34. The van der Waals surface area contributed by atoms with Gasteiger partial charge in [-0.05, 0) is 72.2 Å². The van der Waals surface area contributed by atoms with Gasteiger partial charge in [0.25, 0.3) is 5.91 Å². The highest BCUT2D eigenvalue weighted by atomic mass is 19.4. The van der Waals surface area contributed by atoms with Crippen LogP contribution in [-0.2, 0) is 15.7 Å². The molecule has 0 saturated heterocycles. The molecule has 3 atom stereocenters. The zero-order valence-corrected chi connectivity index (χ0v) is 22.9. The van der Waals surface area contributed by atoms with Gasteiger partial charge in [0.2, 0.25) is 5.91 Å². The first-order valence-electron chi connectivity index (χ1n) is 12.8. The molecule has 0 bridgehead atoms. The van der Waals surface area contributed by atoms with E-state index in [1.165, 1.54) is 0 Å². The molecule has 1 fully saturated rings. The predicted molar refractivity (Wildman–Crippen MR) is 139 cm³/mol. The van der Waals surface area contributed by atoms with E-state index in [9.17, 15) is 27.6 Å². The van der Waals surface area contributed by atoms with Crippen LogP contribution < -0.4 is 21.3 Å². The van der Waals surface area contributed by atoms with Crippen LogP contribution in [0.25, 0.3) is 0 Å². The fourth-order valence-electron chi connectivity index (χ4n) is 4.57. The van der Waals surface area contributed by atoms with E-state index in [4.69, 9.17) is 4.74 Å². The van der Waals surface area contributed by atoms with E-state index in [2.05, 4.69) is 47.1 Å². The van der Waals surface area contributed by atoms with Crippen molar-refractivity contribution < 1.29 is 32.3 Å². The summed E-state index contributed by atoms with van der Waals surface area (Å²) in [6, 6.07) is 2.14. The Bertz CT molecular complexity index is 971. The molecule has 2 rings (SSSR count). The molecule has 214 valence electrons. The summed E-state index contributed by atoms with van der Waals surface area (Å²) in [5, 5.41) is 10.3. The Morgan fingerprint density at radius 3 is 2.39 bits per heavy atom. The molecule has 1 aliphatic carbocycles. The van der Waals surface area contributed by atoms with Gasteiger partial charge in [-0.2, -0.15) is 13.2 Å².